The van der Waals surface area contributed by atoms with Crippen molar-refractivity contribution in [3.8, 4) is 12.0 Å². The number of hydrogen-bond acceptors (Lipinski definition) is 9. The molecule has 0 amide bonds. The Morgan fingerprint density at radius 2 is 1.90 bits per heavy atom. The van der Waals surface area contributed by atoms with Gasteiger partial charge in [-0.15, -0.1) is 0 Å². The first kappa shape index (κ1) is 19.8. The second-order valence-corrected chi connectivity index (χ2v) is 6.50. The van der Waals surface area contributed by atoms with Crippen LogP contribution in [0.4, 0.5) is 5.95 Å². The van der Waals surface area contributed by atoms with Crippen LogP contribution < -0.4 is 21.3 Å². The highest BCUT2D eigenvalue weighted by atomic mass is 16.5. The van der Waals surface area contributed by atoms with Gasteiger partial charge < -0.3 is 25.8 Å². The van der Waals surface area contributed by atoms with E-state index in [0.29, 0.717) is 36.5 Å². The van der Waals surface area contributed by atoms with E-state index in [-0.39, 0.29) is 0 Å². The maximum absolute atomic E-state index is 9.18. The Bertz CT molecular complexity index is 1160. The first-order chi connectivity index (χ1) is 14.6. The monoisotopic (exact) mass is 405 g/mol. The molecule has 2 aromatic heterocycles. The summed E-state index contributed by atoms with van der Waals surface area (Å²) < 4.78 is 7.14. The molecule has 152 valence electrons. The number of imidazole rings is 1. The molecule has 0 saturated heterocycles. The first-order valence-electron chi connectivity index (χ1n) is 9.23. The lowest BCUT2D eigenvalue weighted by molar-refractivity contribution is 0.374. The standard InChI is InChI=1S/C19H20BN7O3/c1-30-19-25-16-13(9-21)3-2-4-15(16)27(19)18-24-11-23-17(26-18)22-10-12-5-7-14(8-6-12)20(28)29/h2-8,11,28-29H,9-10,21H2,1H3,(H,22,23,24,26). The van der Waals surface area contributed by atoms with E-state index in [0.717, 1.165) is 22.2 Å². The van der Waals surface area contributed by atoms with E-state index in [1.165, 1.54) is 13.4 Å². The van der Waals surface area contributed by atoms with Crippen molar-refractivity contribution < 1.29 is 14.8 Å². The Morgan fingerprint density at radius 1 is 1.10 bits per heavy atom. The highest BCUT2D eigenvalue weighted by Crippen LogP contribution is 2.26. The third kappa shape index (κ3) is 3.81. The van der Waals surface area contributed by atoms with Crippen molar-refractivity contribution in [3.63, 3.8) is 0 Å². The molecular weight excluding hydrogens is 385 g/mol. The number of fused-ring (bicyclic) bond motifs is 1. The predicted octanol–water partition coefficient (Wildman–Crippen LogP) is -0.0303. The zero-order valence-electron chi connectivity index (χ0n) is 16.2. The van der Waals surface area contributed by atoms with Gasteiger partial charge in [0.25, 0.3) is 0 Å². The molecule has 0 spiro atoms. The van der Waals surface area contributed by atoms with E-state index in [1.807, 2.05) is 18.2 Å². The van der Waals surface area contributed by atoms with E-state index in [4.69, 9.17) is 10.5 Å². The van der Waals surface area contributed by atoms with Gasteiger partial charge in [0.15, 0.2) is 0 Å². The number of aromatic nitrogens is 5. The summed E-state index contributed by atoms with van der Waals surface area (Å²) in [6.45, 7) is 0.804. The van der Waals surface area contributed by atoms with Crippen LogP contribution in [-0.2, 0) is 13.1 Å². The Morgan fingerprint density at radius 3 is 2.60 bits per heavy atom. The van der Waals surface area contributed by atoms with Crippen LogP contribution in [0.3, 0.4) is 0 Å². The van der Waals surface area contributed by atoms with Gasteiger partial charge in [0, 0.05) is 13.1 Å². The van der Waals surface area contributed by atoms with Gasteiger partial charge in [0.1, 0.15) is 6.33 Å². The number of ether oxygens (including phenoxy) is 1. The Hall–Kier alpha value is -3.54. The molecule has 0 fully saturated rings. The van der Waals surface area contributed by atoms with Crippen LogP contribution in [-0.4, -0.2) is 48.8 Å². The Kier molecular flexibility index (Phi) is 5.57. The van der Waals surface area contributed by atoms with E-state index >= 15 is 0 Å². The highest BCUT2D eigenvalue weighted by Gasteiger charge is 2.17. The molecule has 10 nitrogen and oxygen atoms in total. The largest absolute Gasteiger partial charge is 0.488 e. The summed E-state index contributed by atoms with van der Waals surface area (Å²) in [6.07, 6.45) is 1.41. The molecule has 0 radical (unpaired) electrons. The summed E-state index contributed by atoms with van der Waals surface area (Å²) in [6, 6.07) is 13.0. The van der Waals surface area contributed by atoms with E-state index in [1.54, 1.807) is 28.8 Å². The highest BCUT2D eigenvalue weighted by molar-refractivity contribution is 6.58. The van der Waals surface area contributed by atoms with Crippen molar-refractivity contribution >= 4 is 29.6 Å². The SMILES string of the molecule is COc1nc2c(CN)cccc2n1-c1ncnc(NCc2ccc(B(O)O)cc2)n1. The average molecular weight is 405 g/mol. The molecule has 0 aliphatic carbocycles. The van der Waals surface area contributed by atoms with Gasteiger partial charge in [0.05, 0.1) is 18.1 Å². The molecule has 0 aliphatic heterocycles. The third-order valence-electron chi connectivity index (χ3n) is 4.63. The van der Waals surface area contributed by atoms with Crippen LogP contribution in [0.5, 0.6) is 6.01 Å². The van der Waals surface area contributed by atoms with Crippen molar-refractivity contribution in [1.82, 2.24) is 24.5 Å². The van der Waals surface area contributed by atoms with E-state index in [9.17, 15) is 10.0 Å². The maximum Gasteiger partial charge on any atom is 0.488 e. The molecule has 0 atom stereocenters. The Balaban J connectivity index is 1.62. The molecule has 0 saturated carbocycles. The number of para-hydroxylation sites is 1. The minimum Gasteiger partial charge on any atom is -0.468 e. The van der Waals surface area contributed by atoms with Crippen LogP contribution in [0.2, 0.25) is 0 Å². The number of benzene rings is 2. The molecule has 11 heteroatoms. The van der Waals surface area contributed by atoms with Gasteiger partial charge in [-0.25, -0.2) is 14.5 Å². The lowest BCUT2D eigenvalue weighted by Gasteiger charge is -2.09. The molecule has 5 N–H and O–H groups in total. The summed E-state index contributed by atoms with van der Waals surface area (Å²) >= 11 is 0. The second kappa shape index (κ2) is 8.45. The molecule has 0 bridgehead atoms. The molecule has 0 unspecified atom stereocenters. The molecule has 2 heterocycles. The Labute approximate surface area is 172 Å². The molecule has 30 heavy (non-hydrogen) atoms. The van der Waals surface area contributed by atoms with Crippen molar-refractivity contribution in [1.29, 1.82) is 0 Å². The summed E-state index contributed by atoms with van der Waals surface area (Å²) in [5, 5.41) is 21.5. The van der Waals surface area contributed by atoms with Crippen LogP contribution in [0.15, 0.2) is 48.8 Å². The third-order valence-corrected chi connectivity index (χ3v) is 4.63. The summed E-state index contributed by atoms with van der Waals surface area (Å²) in [5.41, 5.74) is 9.60. The summed E-state index contributed by atoms with van der Waals surface area (Å²) in [4.78, 5) is 17.5. The van der Waals surface area contributed by atoms with Crippen molar-refractivity contribution in [2.75, 3.05) is 12.4 Å². The number of hydrogen-bond donors (Lipinski definition) is 4. The zero-order valence-corrected chi connectivity index (χ0v) is 16.2. The molecule has 0 aliphatic rings. The van der Waals surface area contributed by atoms with Crippen LogP contribution in [0.1, 0.15) is 11.1 Å². The molecule has 4 rings (SSSR count). The lowest BCUT2D eigenvalue weighted by atomic mass is 9.80. The van der Waals surface area contributed by atoms with Crippen molar-refractivity contribution in [3.05, 3.63) is 59.9 Å². The van der Waals surface area contributed by atoms with Gasteiger partial charge in [-0.3, -0.25) is 0 Å². The number of nitrogens with two attached hydrogens (primary N) is 1. The smallest absolute Gasteiger partial charge is 0.468 e. The first-order valence-corrected chi connectivity index (χ1v) is 9.23. The fourth-order valence-corrected chi connectivity index (χ4v) is 3.10. The number of nitrogens with one attached hydrogen (secondary N) is 1. The van der Waals surface area contributed by atoms with Crippen LogP contribution >= 0.6 is 0 Å². The predicted molar refractivity (Wildman–Crippen MR) is 112 cm³/mol. The number of methoxy groups -OCH3 is 1. The summed E-state index contributed by atoms with van der Waals surface area (Å²) in [5.74, 6) is 0.741. The van der Waals surface area contributed by atoms with Gasteiger partial charge in [-0.05, 0) is 22.7 Å². The zero-order chi connectivity index (χ0) is 21.1. The molecule has 2 aromatic carbocycles. The number of rotatable bonds is 7. The van der Waals surface area contributed by atoms with Crippen molar-refractivity contribution in [2.45, 2.75) is 13.1 Å². The fraction of sp³-hybridized carbons (Fsp3) is 0.158. The van der Waals surface area contributed by atoms with Gasteiger partial charge in [0.2, 0.25) is 11.9 Å². The minimum atomic E-state index is -1.49. The van der Waals surface area contributed by atoms with Gasteiger partial charge >= 0.3 is 13.1 Å². The lowest BCUT2D eigenvalue weighted by Crippen LogP contribution is -2.29. The quantitative estimate of drug-likeness (QED) is 0.312. The molecular formula is C19H20BN7O3. The average Bonchev–Trinajstić information content (AvgIpc) is 3.17. The summed E-state index contributed by atoms with van der Waals surface area (Å²) in [7, 11) is 0.0468. The van der Waals surface area contributed by atoms with E-state index in [2.05, 4.69) is 25.3 Å². The number of nitrogens with zero attached hydrogens (tertiary/aromatic N) is 5. The fourth-order valence-electron chi connectivity index (χ4n) is 3.10. The van der Waals surface area contributed by atoms with Crippen LogP contribution in [0, 0.1) is 0 Å². The van der Waals surface area contributed by atoms with Crippen molar-refractivity contribution in [2.24, 2.45) is 5.73 Å². The topological polar surface area (TPSA) is 144 Å². The normalized spacial score (nSPS) is 10.9. The van der Waals surface area contributed by atoms with Crippen LogP contribution in [0.25, 0.3) is 17.0 Å². The van der Waals surface area contributed by atoms with E-state index < -0.39 is 7.12 Å². The maximum atomic E-state index is 9.18. The molecule has 4 aromatic rings. The second-order valence-electron chi connectivity index (χ2n) is 6.50. The van der Waals surface area contributed by atoms with Gasteiger partial charge in [-0.2, -0.15) is 9.97 Å². The number of anilines is 1. The van der Waals surface area contributed by atoms with Gasteiger partial charge in [-0.1, -0.05) is 36.4 Å². The minimum absolute atomic E-state index is 0.348.